The number of hydrogen-bond acceptors (Lipinski definition) is 6. The maximum absolute atomic E-state index is 12.7. The minimum absolute atomic E-state index is 0.0176. The van der Waals surface area contributed by atoms with Crippen molar-refractivity contribution in [3.8, 4) is 0 Å². The van der Waals surface area contributed by atoms with E-state index in [4.69, 9.17) is 9.15 Å². The standard InChI is InChI=1S/C24H38N2O6/c1-4-11-25-22(30)32-20-9-10-23(2)17(13-21(29)26-14-16-6-5-12-31-16)18(28)7-8-19(23)24(20,3)15-27/h5-6,12,17-20,27-28H,4,7-11,13-15H2,1-3H3,(H,25,30)(H,26,29)/t17-,18-,19-,20+,23-,24+/m1/s1. The first-order valence-electron chi connectivity index (χ1n) is 11.8. The van der Waals surface area contributed by atoms with Crippen molar-refractivity contribution in [3.63, 3.8) is 0 Å². The summed E-state index contributed by atoms with van der Waals surface area (Å²) in [5.74, 6) is 0.330. The number of aliphatic hydroxyl groups is 2. The first-order valence-corrected chi connectivity index (χ1v) is 11.8. The minimum Gasteiger partial charge on any atom is -0.467 e. The predicted octanol–water partition coefficient (Wildman–Crippen LogP) is 2.98. The van der Waals surface area contributed by atoms with E-state index >= 15 is 0 Å². The second-order valence-corrected chi connectivity index (χ2v) is 9.89. The van der Waals surface area contributed by atoms with Gasteiger partial charge in [-0.15, -0.1) is 0 Å². The summed E-state index contributed by atoms with van der Waals surface area (Å²) in [6, 6.07) is 3.58. The third-order valence-electron chi connectivity index (χ3n) is 7.89. The number of amides is 2. The molecule has 1 aromatic rings. The number of furan rings is 1. The van der Waals surface area contributed by atoms with Crippen LogP contribution in [0.5, 0.6) is 0 Å². The summed E-state index contributed by atoms with van der Waals surface area (Å²) in [5.41, 5.74) is -0.990. The molecule has 2 aliphatic rings. The second kappa shape index (κ2) is 10.3. The van der Waals surface area contributed by atoms with Crippen molar-refractivity contribution in [3.05, 3.63) is 24.2 Å². The monoisotopic (exact) mass is 450 g/mol. The normalized spacial score (nSPS) is 34.4. The van der Waals surface area contributed by atoms with E-state index < -0.39 is 23.7 Å². The number of fused-ring (bicyclic) bond motifs is 1. The molecule has 0 saturated heterocycles. The van der Waals surface area contributed by atoms with Crippen LogP contribution >= 0.6 is 0 Å². The smallest absolute Gasteiger partial charge is 0.407 e. The summed E-state index contributed by atoms with van der Waals surface area (Å²) in [6.07, 6.45) is 3.72. The lowest BCUT2D eigenvalue weighted by Crippen LogP contribution is -2.61. The van der Waals surface area contributed by atoms with E-state index in [2.05, 4.69) is 17.6 Å². The van der Waals surface area contributed by atoms with Crippen molar-refractivity contribution >= 4 is 12.0 Å². The molecule has 0 spiro atoms. The van der Waals surface area contributed by atoms with Crippen LogP contribution < -0.4 is 10.6 Å². The van der Waals surface area contributed by atoms with Gasteiger partial charge in [-0.25, -0.2) is 4.79 Å². The van der Waals surface area contributed by atoms with Crippen molar-refractivity contribution in [2.75, 3.05) is 13.2 Å². The number of carbonyl (C=O) groups excluding carboxylic acids is 2. The average Bonchev–Trinajstić information content (AvgIpc) is 3.29. The number of ether oxygens (including phenoxy) is 1. The molecule has 0 bridgehead atoms. The zero-order chi connectivity index (χ0) is 23.4. The van der Waals surface area contributed by atoms with Gasteiger partial charge in [0, 0.05) is 18.4 Å². The molecule has 2 fully saturated rings. The lowest BCUT2D eigenvalue weighted by molar-refractivity contribution is -0.186. The van der Waals surface area contributed by atoms with Crippen LogP contribution in [0.1, 0.15) is 65.1 Å². The van der Waals surface area contributed by atoms with Crippen LogP contribution in [0.15, 0.2) is 22.8 Å². The van der Waals surface area contributed by atoms with E-state index in [-0.39, 0.29) is 36.2 Å². The van der Waals surface area contributed by atoms with Gasteiger partial charge >= 0.3 is 6.09 Å². The topological polar surface area (TPSA) is 121 Å². The Morgan fingerprint density at radius 1 is 1.25 bits per heavy atom. The van der Waals surface area contributed by atoms with Gasteiger partial charge in [-0.1, -0.05) is 20.8 Å². The fraction of sp³-hybridized carbons (Fsp3) is 0.750. The Kier molecular flexibility index (Phi) is 7.88. The third-order valence-corrected chi connectivity index (χ3v) is 7.89. The highest BCUT2D eigenvalue weighted by molar-refractivity contribution is 5.76. The molecule has 32 heavy (non-hydrogen) atoms. The van der Waals surface area contributed by atoms with Gasteiger partial charge in [0.25, 0.3) is 0 Å². The molecule has 2 amide bonds. The lowest BCUT2D eigenvalue weighted by Gasteiger charge is -2.60. The Hall–Kier alpha value is -2.06. The Balaban J connectivity index is 1.72. The molecule has 1 aromatic heterocycles. The van der Waals surface area contributed by atoms with Crippen LogP contribution in [-0.4, -0.2) is 47.6 Å². The summed E-state index contributed by atoms with van der Waals surface area (Å²) in [7, 11) is 0. The predicted molar refractivity (Wildman–Crippen MR) is 118 cm³/mol. The van der Waals surface area contributed by atoms with Crippen molar-refractivity contribution < 1.29 is 29.0 Å². The molecule has 0 aromatic carbocycles. The molecule has 1 heterocycles. The van der Waals surface area contributed by atoms with E-state index in [9.17, 15) is 19.8 Å². The van der Waals surface area contributed by atoms with Crippen LogP contribution in [-0.2, 0) is 16.1 Å². The molecule has 8 heteroatoms. The highest BCUT2D eigenvalue weighted by Crippen LogP contribution is 2.61. The van der Waals surface area contributed by atoms with Crippen LogP contribution in [0, 0.1) is 22.7 Å². The Bertz CT molecular complexity index is 769. The average molecular weight is 451 g/mol. The summed E-state index contributed by atoms with van der Waals surface area (Å²) < 4.78 is 11.0. The number of carbonyl (C=O) groups is 2. The molecule has 180 valence electrons. The van der Waals surface area contributed by atoms with Crippen molar-refractivity contribution in [2.45, 2.75) is 78.0 Å². The molecule has 2 aliphatic carbocycles. The van der Waals surface area contributed by atoms with Crippen LogP contribution in [0.2, 0.25) is 0 Å². The van der Waals surface area contributed by atoms with E-state index in [1.54, 1.807) is 18.4 Å². The number of alkyl carbamates (subject to hydrolysis) is 1. The van der Waals surface area contributed by atoms with E-state index in [0.717, 1.165) is 12.8 Å². The van der Waals surface area contributed by atoms with Gasteiger partial charge in [-0.3, -0.25) is 4.79 Å². The highest BCUT2D eigenvalue weighted by Gasteiger charge is 2.60. The SMILES string of the molecule is CCCNC(=O)O[C@H]1CC[C@@]2(C)[C@@H](CC[C@@H](O)[C@H]2CC(=O)NCc2ccco2)[C@]1(C)CO. The van der Waals surface area contributed by atoms with Gasteiger partial charge in [0.2, 0.25) is 5.91 Å². The molecule has 4 N–H and O–H groups in total. The number of nitrogens with one attached hydrogen (secondary N) is 2. The molecule has 0 radical (unpaired) electrons. The van der Waals surface area contributed by atoms with E-state index in [1.165, 1.54) is 0 Å². The van der Waals surface area contributed by atoms with Gasteiger partial charge in [0.05, 0.1) is 25.5 Å². The largest absolute Gasteiger partial charge is 0.467 e. The van der Waals surface area contributed by atoms with Crippen molar-refractivity contribution in [1.29, 1.82) is 0 Å². The Labute approximate surface area is 190 Å². The Morgan fingerprint density at radius 3 is 2.69 bits per heavy atom. The van der Waals surface area contributed by atoms with Gasteiger partial charge < -0.3 is 30.0 Å². The minimum atomic E-state index is -0.639. The van der Waals surface area contributed by atoms with Crippen LogP contribution in [0.3, 0.4) is 0 Å². The molecule has 0 aliphatic heterocycles. The molecule has 8 nitrogen and oxygen atoms in total. The number of rotatable bonds is 8. The van der Waals surface area contributed by atoms with Crippen LogP contribution in [0.4, 0.5) is 4.79 Å². The molecule has 3 rings (SSSR count). The van der Waals surface area contributed by atoms with Crippen molar-refractivity contribution in [2.24, 2.45) is 22.7 Å². The Morgan fingerprint density at radius 2 is 2.03 bits per heavy atom. The maximum atomic E-state index is 12.7. The second-order valence-electron chi connectivity index (χ2n) is 9.89. The van der Waals surface area contributed by atoms with Crippen molar-refractivity contribution in [1.82, 2.24) is 10.6 Å². The summed E-state index contributed by atoms with van der Waals surface area (Å²) >= 11 is 0. The van der Waals surface area contributed by atoms with Gasteiger partial charge in [0.15, 0.2) is 0 Å². The highest BCUT2D eigenvalue weighted by atomic mass is 16.6. The van der Waals surface area contributed by atoms with Gasteiger partial charge in [-0.05, 0) is 61.5 Å². The summed E-state index contributed by atoms with van der Waals surface area (Å²) in [5, 5.41) is 26.9. The first kappa shape index (κ1) is 24.6. The van der Waals surface area contributed by atoms with Crippen LogP contribution in [0.25, 0.3) is 0 Å². The number of hydrogen-bond donors (Lipinski definition) is 4. The lowest BCUT2D eigenvalue weighted by atomic mass is 9.46. The van der Waals surface area contributed by atoms with Gasteiger partial charge in [-0.2, -0.15) is 0 Å². The molecule has 2 saturated carbocycles. The van der Waals surface area contributed by atoms with E-state index in [1.807, 2.05) is 13.8 Å². The molecular weight excluding hydrogens is 412 g/mol. The number of aliphatic hydroxyl groups excluding tert-OH is 2. The van der Waals surface area contributed by atoms with E-state index in [0.29, 0.717) is 38.1 Å². The fourth-order valence-electron chi connectivity index (χ4n) is 6.05. The molecular formula is C24H38N2O6. The third kappa shape index (κ3) is 4.96. The quantitative estimate of drug-likeness (QED) is 0.483. The zero-order valence-corrected chi connectivity index (χ0v) is 19.4. The summed E-state index contributed by atoms with van der Waals surface area (Å²) in [4.78, 5) is 24.9. The molecule has 0 unspecified atom stereocenters. The summed E-state index contributed by atoms with van der Waals surface area (Å²) in [6.45, 7) is 6.80. The zero-order valence-electron chi connectivity index (χ0n) is 19.4. The van der Waals surface area contributed by atoms with Gasteiger partial charge in [0.1, 0.15) is 11.9 Å². The first-order chi connectivity index (χ1) is 15.2. The fourth-order valence-corrected chi connectivity index (χ4v) is 6.05. The maximum Gasteiger partial charge on any atom is 0.407 e. The molecule has 6 atom stereocenters.